The Kier molecular flexibility index (Phi) is 4.65. The summed E-state index contributed by atoms with van der Waals surface area (Å²) in [5, 5.41) is 14.2. The monoisotopic (exact) mass is 294 g/mol. The van der Waals surface area contributed by atoms with Gasteiger partial charge in [-0.3, -0.25) is 4.79 Å². The van der Waals surface area contributed by atoms with Crippen LogP contribution in [0.2, 0.25) is 5.02 Å². The number of hydrogen-bond donors (Lipinski definition) is 1. The molecule has 0 saturated heterocycles. The average Bonchev–Trinajstić information content (AvgIpc) is 2.75. The lowest BCUT2D eigenvalue weighted by Gasteiger charge is -2.28. The van der Waals surface area contributed by atoms with Gasteiger partial charge in [-0.2, -0.15) is 0 Å². The van der Waals surface area contributed by atoms with Crippen molar-refractivity contribution in [1.29, 1.82) is 0 Å². The summed E-state index contributed by atoms with van der Waals surface area (Å²) >= 11 is 5.86. The van der Waals surface area contributed by atoms with Crippen molar-refractivity contribution in [2.24, 2.45) is 5.41 Å². The van der Waals surface area contributed by atoms with Crippen LogP contribution in [0.15, 0.2) is 24.3 Å². The Morgan fingerprint density at radius 1 is 1.25 bits per heavy atom. The van der Waals surface area contributed by atoms with Gasteiger partial charge in [0, 0.05) is 23.1 Å². The molecule has 0 aliphatic heterocycles. The van der Waals surface area contributed by atoms with Crippen LogP contribution >= 0.6 is 11.6 Å². The molecule has 2 rings (SSSR count). The molecule has 4 nitrogen and oxygen atoms in total. The van der Waals surface area contributed by atoms with Crippen LogP contribution in [0.3, 0.4) is 0 Å². The zero-order valence-electron chi connectivity index (χ0n) is 11.2. The van der Waals surface area contributed by atoms with E-state index >= 15 is 0 Å². The number of carboxylic acid groups (broad SMARTS) is 1. The van der Waals surface area contributed by atoms with Gasteiger partial charge in [0.25, 0.3) is 0 Å². The van der Waals surface area contributed by atoms with E-state index in [0.29, 0.717) is 10.7 Å². The van der Waals surface area contributed by atoms with Crippen LogP contribution in [-0.2, 0) is 9.59 Å². The predicted octanol–water partition coefficient (Wildman–Crippen LogP) is 2.37. The van der Waals surface area contributed by atoms with Crippen molar-refractivity contribution in [3.8, 4) is 0 Å². The lowest BCUT2D eigenvalue weighted by atomic mass is 9.79. The van der Waals surface area contributed by atoms with Crippen molar-refractivity contribution < 1.29 is 14.7 Å². The molecule has 1 N–H and O–H groups in total. The van der Waals surface area contributed by atoms with E-state index in [-0.39, 0.29) is 18.7 Å². The molecule has 0 spiro atoms. The topological polar surface area (TPSA) is 69.2 Å². The van der Waals surface area contributed by atoms with Gasteiger partial charge in [0.2, 0.25) is 5.91 Å². The summed E-state index contributed by atoms with van der Waals surface area (Å²) in [5.74, 6) is -1.25. The summed E-state index contributed by atoms with van der Waals surface area (Å²) in [6.45, 7) is 0. The number of amides is 1. The quantitative estimate of drug-likeness (QED) is 0.906. The molecule has 1 aromatic rings. The molecule has 1 fully saturated rings. The first-order chi connectivity index (χ1) is 9.49. The fourth-order valence-corrected chi connectivity index (χ4v) is 3.15. The molecule has 0 radical (unpaired) electrons. The third kappa shape index (κ3) is 3.97. The van der Waals surface area contributed by atoms with Crippen molar-refractivity contribution in [2.45, 2.75) is 38.5 Å². The normalized spacial score (nSPS) is 16.9. The van der Waals surface area contributed by atoms with Crippen LogP contribution in [0.5, 0.6) is 0 Å². The van der Waals surface area contributed by atoms with E-state index in [9.17, 15) is 14.7 Å². The molecule has 0 bridgehead atoms. The van der Waals surface area contributed by atoms with Gasteiger partial charge < -0.3 is 15.2 Å². The van der Waals surface area contributed by atoms with Gasteiger partial charge in [0.1, 0.15) is 0 Å². The number of halogens is 1. The average molecular weight is 295 g/mol. The van der Waals surface area contributed by atoms with E-state index in [1.807, 2.05) is 0 Å². The van der Waals surface area contributed by atoms with Gasteiger partial charge in [-0.1, -0.05) is 30.5 Å². The molecule has 0 unspecified atom stereocenters. The lowest BCUT2D eigenvalue weighted by Crippen LogP contribution is -2.33. The summed E-state index contributed by atoms with van der Waals surface area (Å²) < 4.78 is 0. The number of carbonyl (C=O) groups is 2. The third-order valence-electron chi connectivity index (χ3n) is 3.83. The van der Waals surface area contributed by atoms with Crippen molar-refractivity contribution in [3.63, 3.8) is 0 Å². The van der Waals surface area contributed by atoms with Crippen LogP contribution in [0.1, 0.15) is 38.5 Å². The largest absolute Gasteiger partial charge is 0.550 e. The Morgan fingerprint density at radius 2 is 1.95 bits per heavy atom. The van der Waals surface area contributed by atoms with E-state index in [1.165, 1.54) is 0 Å². The van der Waals surface area contributed by atoms with E-state index in [4.69, 9.17) is 11.6 Å². The van der Waals surface area contributed by atoms with Crippen molar-refractivity contribution in [2.75, 3.05) is 5.32 Å². The molecular formula is C15H17ClNO3-. The summed E-state index contributed by atoms with van der Waals surface area (Å²) in [7, 11) is 0. The Balaban J connectivity index is 2.00. The highest BCUT2D eigenvalue weighted by Gasteiger charge is 2.36. The predicted molar refractivity (Wildman–Crippen MR) is 75.2 cm³/mol. The number of aliphatic carboxylic acids is 1. The standard InChI is InChI=1S/C15H18ClNO3/c16-11-4-3-5-12(8-11)17-13(18)9-15(10-14(19)20)6-1-2-7-15/h3-5,8H,1-2,6-7,9-10H2,(H,17,18)(H,19,20)/p-1. The molecule has 0 aromatic heterocycles. The second-order valence-corrected chi connectivity index (χ2v) is 5.93. The molecule has 108 valence electrons. The minimum absolute atomic E-state index is 0.0457. The van der Waals surface area contributed by atoms with E-state index in [2.05, 4.69) is 5.32 Å². The lowest BCUT2D eigenvalue weighted by molar-refractivity contribution is -0.308. The van der Waals surface area contributed by atoms with Crippen LogP contribution in [0, 0.1) is 5.41 Å². The molecule has 0 heterocycles. The molecular weight excluding hydrogens is 278 g/mol. The number of hydrogen-bond acceptors (Lipinski definition) is 3. The van der Waals surface area contributed by atoms with Gasteiger partial charge in [-0.05, 0) is 42.9 Å². The smallest absolute Gasteiger partial charge is 0.224 e. The number of carbonyl (C=O) groups excluding carboxylic acids is 2. The Hall–Kier alpha value is -1.55. The van der Waals surface area contributed by atoms with E-state index in [0.717, 1.165) is 25.7 Å². The fourth-order valence-electron chi connectivity index (χ4n) is 2.96. The number of nitrogens with one attached hydrogen (secondary N) is 1. The molecule has 5 heteroatoms. The highest BCUT2D eigenvalue weighted by molar-refractivity contribution is 6.30. The first-order valence-electron chi connectivity index (χ1n) is 6.74. The number of benzene rings is 1. The maximum Gasteiger partial charge on any atom is 0.224 e. The maximum absolute atomic E-state index is 12.1. The third-order valence-corrected chi connectivity index (χ3v) is 4.06. The molecule has 20 heavy (non-hydrogen) atoms. The second kappa shape index (κ2) is 6.27. The molecule has 0 atom stereocenters. The first-order valence-corrected chi connectivity index (χ1v) is 7.12. The summed E-state index contributed by atoms with van der Waals surface area (Å²) in [6, 6.07) is 6.90. The summed E-state index contributed by atoms with van der Waals surface area (Å²) in [5.41, 5.74) is 0.186. The minimum atomic E-state index is -1.08. The van der Waals surface area contributed by atoms with Crippen LogP contribution in [-0.4, -0.2) is 11.9 Å². The van der Waals surface area contributed by atoms with Gasteiger partial charge in [0.15, 0.2) is 0 Å². The number of rotatable bonds is 5. The zero-order chi connectivity index (χ0) is 14.6. The van der Waals surface area contributed by atoms with Gasteiger partial charge in [-0.15, -0.1) is 0 Å². The second-order valence-electron chi connectivity index (χ2n) is 5.49. The molecule has 1 saturated carbocycles. The minimum Gasteiger partial charge on any atom is -0.550 e. The van der Waals surface area contributed by atoms with Crippen LogP contribution in [0.4, 0.5) is 5.69 Å². The van der Waals surface area contributed by atoms with Gasteiger partial charge in [0.05, 0.1) is 0 Å². The first kappa shape index (κ1) is 14.9. The summed E-state index contributed by atoms with van der Waals surface area (Å²) in [6.07, 6.45) is 3.65. The SMILES string of the molecule is O=C([O-])CC1(CC(=O)Nc2cccc(Cl)c2)CCCC1. The van der Waals surface area contributed by atoms with Crippen molar-refractivity contribution in [3.05, 3.63) is 29.3 Å². The fraction of sp³-hybridized carbons (Fsp3) is 0.467. The molecule has 1 aromatic carbocycles. The maximum atomic E-state index is 12.1. The molecule has 1 aliphatic carbocycles. The van der Waals surface area contributed by atoms with Gasteiger partial charge >= 0.3 is 0 Å². The zero-order valence-corrected chi connectivity index (χ0v) is 11.9. The highest BCUT2D eigenvalue weighted by Crippen LogP contribution is 2.44. The number of carboxylic acids is 1. The van der Waals surface area contributed by atoms with Crippen LogP contribution in [0.25, 0.3) is 0 Å². The highest BCUT2D eigenvalue weighted by atomic mass is 35.5. The Bertz CT molecular complexity index is 510. The molecule has 1 aliphatic rings. The van der Waals surface area contributed by atoms with E-state index < -0.39 is 11.4 Å². The van der Waals surface area contributed by atoms with Crippen molar-refractivity contribution in [1.82, 2.24) is 0 Å². The molecule has 1 amide bonds. The Labute approximate surface area is 123 Å². The van der Waals surface area contributed by atoms with Crippen LogP contribution < -0.4 is 10.4 Å². The number of anilines is 1. The van der Waals surface area contributed by atoms with Gasteiger partial charge in [-0.25, -0.2) is 0 Å². The van der Waals surface area contributed by atoms with E-state index in [1.54, 1.807) is 24.3 Å². The summed E-state index contributed by atoms with van der Waals surface area (Å²) in [4.78, 5) is 23.0. The van der Waals surface area contributed by atoms with Crippen molar-refractivity contribution >= 4 is 29.2 Å². The Morgan fingerprint density at radius 3 is 2.55 bits per heavy atom.